The highest BCUT2D eigenvalue weighted by atomic mass is 79.9. The summed E-state index contributed by atoms with van der Waals surface area (Å²) >= 11 is 3.26. The summed E-state index contributed by atoms with van der Waals surface area (Å²) in [7, 11) is -3.78. The van der Waals surface area contributed by atoms with E-state index in [1.807, 2.05) is 0 Å². The summed E-state index contributed by atoms with van der Waals surface area (Å²) in [6.45, 7) is 1.66. The van der Waals surface area contributed by atoms with Crippen LogP contribution in [0.25, 0.3) is 0 Å². The van der Waals surface area contributed by atoms with Crippen molar-refractivity contribution in [2.75, 3.05) is 5.32 Å². The van der Waals surface area contributed by atoms with Crippen LogP contribution in [-0.2, 0) is 10.0 Å². The van der Waals surface area contributed by atoms with E-state index in [9.17, 15) is 17.6 Å². The Morgan fingerprint density at radius 3 is 2.27 bits per heavy atom. The number of hydrogen-bond acceptors (Lipinski definition) is 4. The number of carbonyl (C=O) groups excluding carboxylic acids is 1. The van der Waals surface area contributed by atoms with Crippen LogP contribution in [0, 0.1) is 5.82 Å². The van der Waals surface area contributed by atoms with Gasteiger partial charge < -0.3 is 5.32 Å². The standard InChI is InChI=1S/C21H17BrFN3O3S/c1-14(25-26-30(28,29)20-11-7-17(22)8-12-20)15-5-9-19(10-6-15)24-21(27)16-3-2-4-18(23)13-16/h2-13,26H,1H3,(H,24,27)/b25-14-. The molecule has 1 amide bonds. The third kappa shape index (κ3) is 5.52. The van der Waals surface area contributed by atoms with Gasteiger partial charge in [0.15, 0.2) is 0 Å². The highest BCUT2D eigenvalue weighted by molar-refractivity contribution is 9.10. The maximum absolute atomic E-state index is 13.2. The summed E-state index contributed by atoms with van der Waals surface area (Å²) in [5, 5.41) is 6.62. The molecule has 0 radical (unpaired) electrons. The lowest BCUT2D eigenvalue weighted by Gasteiger charge is -2.08. The van der Waals surface area contributed by atoms with Crippen LogP contribution in [0.2, 0.25) is 0 Å². The van der Waals surface area contributed by atoms with Gasteiger partial charge in [-0.25, -0.2) is 4.39 Å². The fraction of sp³-hybridized carbons (Fsp3) is 0.0476. The Morgan fingerprint density at radius 1 is 0.967 bits per heavy atom. The molecule has 0 aromatic heterocycles. The Balaban J connectivity index is 1.67. The smallest absolute Gasteiger partial charge is 0.276 e. The Kier molecular flexibility index (Phi) is 6.63. The molecule has 6 nitrogen and oxygen atoms in total. The molecular weight excluding hydrogens is 473 g/mol. The second-order valence-electron chi connectivity index (χ2n) is 6.29. The van der Waals surface area contributed by atoms with Gasteiger partial charge >= 0.3 is 0 Å². The molecule has 9 heteroatoms. The monoisotopic (exact) mass is 489 g/mol. The zero-order valence-electron chi connectivity index (χ0n) is 15.8. The first kappa shape index (κ1) is 21.7. The fourth-order valence-corrected chi connectivity index (χ4v) is 3.61. The normalized spacial score (nSPS) is 11.8. The van der Waals surface area contributed by atoms with E-state index in [0.717, 1.165) is 10.5 Å². The number of halogens is 2. The maximum Gasteiger partial charge on any atom is 0.276 e. The van der Waals surface area contributed by atoms with Crippen molar-refractivity contribution in [3.05, 3.63) is 94.2 Å². The fourth-order valence-electron chi connectivity index (χ4n) is 2.49. The molecule has 30 heavy (non-hydrogen) atoms. The molecule has 0 saturated carbocycles. The van der Waals surface area contributed by atoms with Crippen LogP contribution in [0.3, 0.4) is 0 Å². The predicted molar refractivity (Wildman–Crippen MR) is 117 cm³/mol. The molecule has 0 saturated heterocycles. The summed E-state index contributed by atoms with van der Waals surface area (Å²) in [6, 6.07) is 18.2. The molecule has 3 aromatic rings. The molecule has 0 fully saturated rings. The molecule has 0 aliphatic heterocycles. The molecule has 3 rings (SSSR count). The molecule has 0 atom stereocenters. The predicted octanol–water partition coefficient (Wildman–Crippen LogP) is 4.54. The van der Waals surface area contributed by atoms with Gasteiger partial charge in [0.05, 0.1) is 10.6 Å². The Labute approximate surface area is 182 Å². The molecule has 0 aliphatic carbocycles. The van der Waals surface area contributed by atoms with Crippen LogP contribution in [0.5, 0.6) is 0 Å². The first-order chi connectivity index (χ1) is 14.2. The van der Waals surface area contributed by atoms with Crippen molar-refractivity contribution in [2.45, 2.75) is 11.8 Å². The average Bonchev–Trinajstić information content (AvgIpc) is 2.73. The number of sulfonamides is 1. The average molecular weight is 490 g/mol. The second-order valence-corrected chi connectivity index (χ2v) is 8.86. The minimum absolute atomic E-state index is 0.0951. The molecule has 0 bridgehead atoms. The van der Waals surface area contributed by atoms with E-state index in [2.05, 4.69) is 31.2 Å². The van der Waals surface area contributed by atoms with Gasteiger partial charge in [-0.1, -0.05) is 34.1 Å². The SMILES string of the molecule is C/C(=N/NS(=O)(=O)c1ccc(Br)cc1)c1ccc(NC(=O)c2cccc(F)c2)cc1. The largest absolute Gasteiger partial charge is 0.322 e. The summed E-state index contributed by atoms with van der Waals surface area (Å²) in [6.07, 6.45) is 0. The maximum atomic E-state index is 13.2. The lowest BCUT2D eigenvalue weighted by molar-refractivity contribution is 0.102. The summed E-state index contributed by atoms with van der Waals surface area (Å²) in [4.78, 5) is 14.5. The minimum atomic E-state index is -3.78. The van der Waals surface area contributed by atoms with Gasteiger partial charge in [0.2, 0.25) is 0 Å². The Morgan fingerprint density at radius 2 is 1.63 bits per heavy atom. The van der Waals surface area contributed by atoms with E-state index in [4.69, 9.17) is 0 Å². The highest BCUT2D eigenvalue weighted by Crippen LogP contribution is 2.15. The van der Waals surface area contributed by atoms with Gasteiger partial charge in [0, 0.05) is 15.7 Å². The topological polar surface area (TPSA) is 87.6 Å². The number of nitrogens with one attached hydrogen (secondary N) is 2. The zero-order valence-corrected chi connectivity index (χ0v) is 18.2. The van der Waals surface area contributed by atoms with E-state index in [-0.39, 0.29) is 10.5 Å². The number of benzene rings is 3. The summed E-state index contributed by atoms with van der Waals surface area (Å²) in [5.74, 6) is -0.926. The number of rotatable bonds is 6. The van der Waals surface area contributed by atoms with Crippen molar-refractivity contribution >= 4 is 43.3 Å². The Bertz CT molecular complexity index is 1190. The molecule has 2 N–H and O–H groups in total. The quantitative estimate of drug-likeness (QED) is 0.393. The van der Waals surface area contributed by atoms with Gasteiger partial charge in [-0.3, -0.25) is 4.79 Å². The van der Waals surface area contributed by atoms with Gasteiger partial charge in [-0.15, -0.1) is 0 Å². The molecule has 0 unspecified atom stereocenters. The lowest BCUT2D eigenvalue weighted by Crippen LogP contribution is -2.20. The third-order valence-corrected chi connectivity index (χ3v) is 5.86. The second kappa shape index (κ2) is 9.19. The number of amides is 1. The van der Waals surface area contributed by atoms with Crippen molar-refractivity contribution in [2.24, 2.45) is 5.10 Å². The van der Waals surface area contributed by atoms with Crippen molar-refractivity contribution < 1.29 is 17.6 Å². The summed E-state index contributed by atoms with van der Waals surface area (Å²) in [5.41, 5.74) is 1.83. The van der Waals surface area contributed by atoms with Crippen LogP contribution >= 0.6 is 15.9 Å². The number of nitrogens with zero attached hydrogens (tertiary/aromatic N) is 1. The Hall–Kier alpha value is -3.04. The third-order valence-electron chi connectivity index (χ3n) is 4.10. The van der Waals surface area contributed by atoms with E-state index in [1.54, 1.807) is 43.3 Å². The summed E-state index contributed by atoms with van der Waals surface area (Å²) < 4.78 is 38.6. The van der Waals surface area contributed by atoms with E-state index in [1.165, 1.54) is 30.3 Å². The number of anilines is 1. The van der Waals surface area contributed by atoms with Crippen LogP contribution < -0.4 is 10.1 Å². The zero-order chi connectivity index (χ0) is 21.7. The number of carbonyl (C=O) groups is 1. The lowest BCUT2D eigenvalue weighted by atomic mass is 10.1. The number of hydrogen-bond donors (Lipinski definition) is 2. The van der Waals surface area contributed by atoms with Gasteiger partial charge in [-0.2, -0.15) is 18.4 Å². The van der Waals surface area contributed by atoms with E-state index in [0.29, 0.717) is 17.0 Å². The van der Waals surface area contributed by atoms with Crippen LogP contribution in [-0.4, -0.2) is 20.0 Å². The molecule has 0 heterocycles. The number of hydrazone groups is 1. The molecule has 154 valence electrons. The molecule has 0 spiro atoms. The van der Waals surface area contributed by atoms with Gasteiger partial charge in [0.25, 0.3) is 15.9 Å². The van der Waals surface area contributed by atoms with Gasteiger partial charge in [-0.05, 0) is 67.1 Å². The minimum Gasteiger partial charge on any atom is -0.322 e. The van der Waals surface area contributed by atoms with Crippen LogP contribution in [0.4, 0.5) is 10.1 Å². The van der Waals surface area contributed by atoms with Gasteiger partial charge in [0.1, 0.15) is 5.82 Å². The van der Waals surface area contributed by atoms with Crippen molar-refractivity contribution in [1.82, 2.24) is 4.83 Å². The van der Waals surface area contributed by atoms with Crippen LogP contribution in [0.15, 0.2) is 87.3 Å². The van der Waals surface area contributed by atoms with E-state index >= 15 is 0 Å². The van der Waals surface area contributed by atoms with Crippen molar-refractivity contribution in [3.8, 4) is 0 Å². The first-order valence-corrected chi connectivity index (χ1v) is 11.0. The highest BCUT2D eigenvalue weighted by Gasteiger charge is 2.13. The van der Waals surface area contributed by atoms with E-state index < -0.39 is 21.7 Å². The molecule has 3 aromatic carbocycles. The van der Waals surface area contributed by atoms with Crippen LogP contribution in [0.1, 0.15) is 22.8 Å². The van der Waals surface area contributed by atoms with Crippen molar-refractivity contribution in [3.63, 3.8) is 0 Å². The molecule has 0 aliphatic rings. The van der Waals surface area contributed by atoms with Crippen molar-refractivity contribution in [1.29, 1.82) is 0 Å². The first-order valence-electron chi connectivity index (χ1n) is 8.73. The molecular formula is C21H17BrFN3O3S.